The zero-order valence-corrected chi connectivity index (χ0v) is 18.7. The summed E-state index contributed by atoms with van der Waals surface area (Å²) in [6.45, 7) is 0.343. The molecule has 0 spiro atoms. The number of benzene rings is 1. The summed E-state index contributed by atoms with van der Waals surface area (Å²) in [7, 11) is 0. The van der Waals surface area contributed by atoms with Crippen molar-refractivity contribution < 1.29 is 47.7 Å². The number of aliphatic hydroxyl groups is 1. The number of carbonyl (C=O) groups is 4. The van der Waals surface area contributed by atoms with E-state index in [2.05, 4.69) is 10.6 Å². The SMILES string of the molecule is C[C@H](N[C@H](CO)C(=O)O)C(=O)N1C[C@H](NC(=O)C[C@H](N)Cc2cc(F)c(F)cc2F)C[C@H]1C(=O)O. The molecule has 0 unspecified atom stereocenters. The lowest BCUT2D eigenvalue weighted by Crippen LogP contribution is -2.54. The molecule has 0 bridgehead atoms. The molecule has 35 heavy (non-hydrogen) atoms. The molecule has 1 aliphatic heterocycles. The maximum atomic E-state index is 13.8. The molecule has 1 aromatic rings. The molecule has 1 aromatic carbocycles. The summed E-state index contributed by atoms with van der Waals surface area (Å²) < 4.78 is 40.2. The number of hydrogen-bond acceptors (Lipinski definition) is 7. The van der Waals surface area contributed by atoms with Gasteiger partial charge in [-0.1, -0.05) is 0 Å². The van der Waals surface area contributed by atoms with Crippen LogP contribution in [0.15, 0.2) is 12.1 Å². The zero-order valence-electron chi connectivity index (χ0n) is 18.7. The van der Waals surface area contributed by atoms with Crippen LogP contribution in [0.2, 0.25) is 0 Å². The molecule has 2 amide bonds. The van der Waals surface area contributed by atoms with E-state index >= 15 is 0 Å². The molecule has 0 saturated carbocycles. The number of aliphatic hydroxyl groups excluding tert-OH is 1. The highest BCUT2D eigenvalue weighted by Crippen LogP contribution is 2.20. The van der Waals surface area contributed by atoms with Crippen molar-refractivity contribution in [1.82, 2.24) is 15.5 Å². The number of nitrogens with zero attached hydrogens (tertiary/aromatic N) is 1. The highest BCUT2D eigenvalue weighted by molar-refractivity contribution is 5.88. The van der Waals surface area contributed by atoms with Crippen LogP contribution in [0, 0.1) is 17.5 Å². The summed E-state index contributed by atoms with van der Waals surface area (Å²) in [5.74, 6) is -7.71. The van der Waals surface area contributed by atoms with Gasteiger partial charge in [-0.2, -0.15) is 0 Å². The summed E-state index contributed by atoms with van der Waals surface area (Å²) in [5, 5.41) is 32.5. The van der Waals surface area contributed by atoms with Gasteiger partial charge in [-0.05, 0) is 25.0 Å². The lowest BCUT2D eigenvalue weighted by molar-refractivity contribution is -0.149. The van der Waals surface area contributed by atoms with Crippen molar-refractivity contribution in [3.05, 3.63) is 35.1 Å². The smallest absolute Gasteiger partial charge is 0.326 e. The highest BCUT2D eigenvalue weighted by atomic mass is 19.2. The predicted octanol–water partition coefficient (Wildman–Crippen LogP) is -1.04. The number of nitrogens with two attached hydrogens (primary N) is 1. The number of halogens is 3. The largest absolute Gasteiger partial charge is 0.480 e. The Bertz CT molecular complexity index is 980. The van der Waals surface area contributed by atoms with Gasteiger partial charge < -0.3 is 31.3 Å². The van der Waals surface area contributed by atoms with Crippen LogP contribution in [0.3, 0.4) is 0 Å². The van der Waals surface area contributed by atoms with Crippen LogP contribution in [-0.4, -0.2) is 87.3 Å². The molecule has 1 aliphatic rings. The molecule has 0 aliphatic carbocycles. The monoisotopic (exact) mass is 504 g/mol. The van der Waals surface area contributed by atoms with E-state index in [0.29, 0.717) is 12.1 Å². The Labute approximate surface area is 198 Å². The first kappa shape index (κ1) is 28.0. The average Bonchev–Trinajstić information content (AvgIpc) is 3.18. The zero-order chi connectivity index (χ0) is 26.4. The third-order valence-corrected chi connectivity index (χ3v) is 5.56. The molecule has 5 atom stereocenters. The minimum atomic E-state index is -1.43. The Morgan fingerprint density at radius 2 is 1.77 bits per heavy atom. The second-order valence-electron chi connectivity index (χ2n) is 8.33. The standard InChI is InChI=1S/C21H27F3N4O7/c1-9(26-16(8-29)20(32)33)19(31)28-7-12(5-17(28)21(34)35)27-18(30)4-11(25)2-10-3-14(23)15(24)6-13(10)22/h3,6,9,11-12,16-17,26,29H,2,4-5,7-8,25H2,1H3,(H,27,30)(H,32,33)(H,34,35)/t9-,11+,12+,16+,17-/m0/s1. The van der Waals surface area contributed by atoms with E-state index in [-0.39, 0.29) is 31.4 Å². The van der Waals surface area contributed by atoms with Crippen molar-refractivity contribution in [1.29, 1.82) is 0 Å². The number of likely N-dealkylation sites (tertiary alicyclic amines) is 1. The third kappa shape index (κ3) is 7.37. The van der Waals surface area contributed by atoms with Gasteiger partial charge in [-0.25, -0.2) is 18.0 Å². The first-order valence-electron chi connectivity index (χ1n) is 10.6. The highest BCUT2D eigenvalue weighted by Gasteiger charge is 2.42. The van der Waals surface area contributed by atoms with Gasteiger partial charge in [-0.3, -0.25) is 19.7 Å². The molecule has 1 heterocycles. The summed E-state index contributed by atoms with van der Waals surface area (Å²) in [4.78, 5) is 48.8. The van der Waals surface area contributed by atoms with Gasteiger partial charge in [0.15, 0.2) is 11.6 Å². The fraction of sp³-hybridized carbons (Fsp3) is 0.524. The van der Waals surface area contributed by atoms with Gasteiger partial charge in [0, 0.05) is 37.5 Å². The Balaban J connectivity index is 1.97. The van der Waals surface area contributed by atoms with E-state index in [4.69, 9.17) is 15.9 Å². The quantitative estimate of drug-likeness (QED) is 0.205. The Morgan fingerprint density at radius 3 is 2.34 bits per heavy atom. The molecular weight excluding hydrogens is 477 g/mol. The molecule has 14 heteroatoms. The van der Waals surface area contributed by atoms with Crippen molar-refractivity contribution in [2.24, 2.45) is 5.73 Å². The van der Waals surface area contributed by atoms with Crippen LogP contribution >= 0.6 is 0 Å². The van der Waals surface area contributed by atoms with Crippen molar-refractivity contribution in [3.63, 3.8) is 0 Å². The van der Waals surface area contributed by atoms with Gasteiger partial charge in [0.05, 0.1) is 12.6 Å². The molecule has 0 radical (unpaired) electrons. The minimum absolute atomic E-state index is 0.130. The van der Waals surface area contributed by atoms with Crippen LogP contribution in [0.4, 0.5) is 13.2 Å². The molecular formula is C21H27F3N4O7. The first-order valence-corrected chi connectivity index (χ1v) is 10.6. The van der Waals surface area contributed by atoms with Crippen molar-refractivity contribution in [2.75, 3.05) is 13.2 Å². The number of carbonyl (C=O) groups excluding carboxylic acids is 2. The molecule has 2 rings (SSSR count). The maximum absolute atomic E-state index is 13.8. The fourth-order valence-electron chi connectivity index (χ4n) is 3.84. The second-order valence-corrected chi connectivity index (χ2v) is 8.33. The molecule has 1 saturated heterocycles. The van der Waals surface area contributed by atoms with Crippen LogP contribution in [0.5, 0.6) is 0 Å². The average molecular weight is 504 g/mol. The number of aliphatic carboxylic acids is 2. The number of hydrogen-bond donors (Lipinski definition) is 6. The van der Waals surface area contributed by atoms with Gasteiger partial charge in [0.25, 0.3) is 0 Å². The third-order valence-electron chi connectivity index (χ3n) is 5.56. The van der Waals surface area contributed by atoms with Crippen LogP contribution in [0.25, 0.3) is 0 Å². The van der Waals surface area contributed by atoms with E-state index in [1.807, 2.05) is 0 Å². The number of nitrogens with one attached hydrogen (secondary N) is 2. The van der Waals surface area contributed by atoms with Crippen LogP contribution in [0.1, 0.15) is 25.3 Å². The van der Waals surface area contributed by atoms with E-state index in [1.165, 1.54) is 6.92 Å². The lowest BCUT2D eigenvalue weighted by atomic mass is 10.0. The number of amides is 2. The van der Waals surface area contributed by atoms with Crippen molar-refractivity contribution in [2.45, 2.75) is 56.4 Å². The summed E-state index contributed by atoms with van der Waals surface area (Å²) >= 11 is 0. The van der Waals surface area contributed by atoms with E-state index in [0.717, 1.165) is 4.90 Å². The van der Waals surface area contributed by atoms with Gasteiger partial charge in [-0.15, -0.1) is 0 Å². The number of carboxylic acids is 2. The Hall–Kier alpha value is -3.23. The van der Waals surface area contributed by atoms with E-state index < -0.39 is 78.0 Å². The predicted molar refractivity (Wildman–Crippen MR) is 113 cm³/mol. The normalized spacial score (nSPS) is 20.2. The minimum Gasteiger partial charge on any atom is -0.480 e. The Morgan fingerprint density at radius 1 is 1.14 bits per heavy atom. The lowest BCUT2D eigenvalue weighted by Gasteiger charge is -2.26. The molecule has 7 N–H and O–H groups in total. The summed E-state index contributed by atoms with van der Waals surface area (Å²) in [6.07, 6.45) is -0.730. The molecule has 194 valence electrons. The van der Waals surface area contributed by atoms with Crippen LogP contribution in [-0.2, 0) is 25.6 Å². The van der Waals surface area contributed by atoms with Gasteiger partial charge >= 0.3 is 11.9 Å². The maximum Gasteiger partial charge on any atom is 0.326 e. The first-order chi connectivity index (χ1) is 16.3. The van der Waals surface area contributed by atoms with Crippen molar-refractivity contribution >= 4 is 23.8 Å². The molecule has 1 fully saturated rings. The summed E-state index contributed by atoms with van der Waals surface area (Å²) in [5.41, 5.74) is 5.62. The van der Waals surface area contributed by atoms with Gasteiger partial charge in [0.1, 0.15) is 17.9 Å². The van der Waals surface area contributed by atoms with E-state index in [1.54, 1.807) is 0 Å². The number of carboxylic acid groups (broad SMARTS) is 2. The van der Waals surface area contributed by atoms with E-state index in [9.17, 15) is 37.5 Å². The second kappa shape index (κ2) is 12.0. The van der Waals surface area contributed by atoms with Crippen molar-refractivity contribution in [3.8, 4) is 0 Å². The van der Waals surface area contributed by atoms with Gasteiger partial charge in [0.2, 0.25) is 11.8 Å². The van der Waals surface area contributed by atoms with Crippen LogP contribution < -0.4 is 16.4 Å². The number of rotatable bonds is 11. The Kier molecular flexibility index (Phi) is 9.56. The topological polar surface area (TPSA) is 182 Å². The summed E-state index contributed by atoms with van der Waals surface area (Å²) in [6, 6.07) is -4.56. The fourth-order valence-corrected chi connectivity index (χ4v) is 3.84. The molecule has 0 aromatic heterocycles. The molecule has 11 nitrogen and oxygen atoms in total.